The van der Waals surface area contributed by atoms with Crippen molar-refractivity contribution in [3.05, 3.63) is 66.2 Å². The van der Waals surface area contributed by atoms with E-state index >= 15 is 0 Å². The maximum atomic E-state index is 12.9. The fourth-order valence-corrected chi connectivity index (χ4v) is 3.48. The minimum atomic E-state index is -0.353. The molecular formula is C20H19FN4O2S. The summed E-state index contributed by atoms with van der Waals surface area (Å²) in [5, 5.41) is 11.5. The third kappa shape index (κ3) is 5.26. The van der Waals surface area contributed by atoms with Gasteiger partial charge in [0, 0.05) is 30.3 Å². The molecule has 1 N–H and O–H groups in total. The molecule has 8 heteroatoms. The van der Waals surface area contributed by atoms with E-state index in [1.807, 2.05) is 28.8 Å². The number of carbonyl (C=O) groups is 2. The van der Waals surface area contributed by atoms with E-state index in [-0.39, 0.29) is 17.5 Å². The number of hydrogen-bond donors (Lipinski definition) is 1. The summed E-state index contributed by atoms with van der Waals surface area (Å²) < 4.78 is 14.8. The molecule has 3 rings (SSSR count). The fraction of sp³-hybridized carbons (Fsp3) is 0.200. The van der Waals surface area contributed by atoms with Crippen LogP contribution < -0.4 is 5.32 Å². The number of carbonyl (C=O) groups excluding carboxylic acids is 2. The molecule has 0 bridgehead atoms. The van der Waals surface area contributed by atoms with Crippen LogP contribution in [0.15, 0.2) is 60.0 Å². The minimum absolute atomic E-state index is 0.00919. The smallest absolute Gasteiger partial charge is 0.221 e. The second kappa shape index (κ2) is 9.27. The van der Waals surface area contributed by atoms with Gasteiger partial charge < -0.3 is 5.32 Å². The van der Waals surface area contributed by atoms with Crippen molar-refractivity contribution in [3.63, 3.8) is 0 Å². The van der Waals surface area contributed by atoms with Gasteiger partial charge in [-0.25, -0.2) is 4.39 Å². The third-order valence-corrected chi connectivity index (χ3v) is 4.94. The molecule has 0 saturated carbocycles. The predicted molar refractivity (Wildman–Crippen MR) is 106 cm³/mol. The standard InChI is InChI=1S/C20H19FN4O2S/c1-14(26)23-17-4-2-5-18(12-17)25-13-22-24-20(25)28-11-3-6-19(27)15-7-9-16(21)10-8-15/h2,4-5,7-10,12-13H,3,6,11H2,1H3,(H,23,26). The average Bonchev–Trinajstić information content (AvgIpc) is 3.14. The summed E-state index contributed by atoms with van der Waals surface area (Å²) in [6.45, 7) is 1.46. The quantitative estimate of drug-likeness (QED) is 0.351. The second-order valence-corrected chi connectivity index (χ2v) is 7.16. The van der Waals surface area contributed by atoms with Gasteiger partial charge in [0.15, 0.2) is 10.9 Å². The first-order valence-electron chi connectivity index (χ1n) is 8.72. The first-order chi connectivity index (χ1) is 13.5. The number of ketones is 1. The Balaban J connectivity index is 1.57. The van der Waals surface area contributed by atoms with Crippen LogP contribution in [-0.2, 0) is 4.79 Å². The number of halogens is 1. The Morgan fingerprint density at radius 2 is 1.96 bits per heavy atom. The molecule has 0 radical (unpaired) electrons. The van der Waals surface area contributed by atoms with Crippen LogP contribution in [0.4, 0.5) is 10.1 Å². The van der Waals surface area contributed by atoms with E-state index in [1.165, 1.54) is 43.0 Å². The van der Waals surface area contributed by atoms with Crippen molar-refractivity contribution in [1.82, 2.24) is 14.8 Å². The lowest BCUT2D eigenvalue weighted by Gasteiger charge is -2.08. The molecule has 0 unspecified atom stereocenters. The average molecular weight is 398 g/mol. The van der Waals surface area contributed by atoms with E-state index in [4.69, 9.17) is 0 Å². The minimum Gasteiger partial charge on any atom is -0.326 e. The van der Waals surface area contributed by atoms with Gasteiger partial charge in [-0.3, -0.25) is 14.2 Å². The summed E-state index contributed by atoms with van der Waals surface area (Å²) in [6, 6.07) is 13.0. The summed E-state index contributed by atoms with van der Waals surface area (Å²) in [4.78, 5) is 23.4. The number of anilines is 1. The highest BCUT2D eigenvalue weighted by Gasteiger charge is 2.10. The zero-order chi connectivity index (χ0) is 19.9. The topological polar surface area (TPSA) is 76.9 Å². The van der Waals surface area contributed by atoms with Gasteiger partial charge in [0.2, 0.25) is 5.91 Å². The maximum Gasteiger partial charge on any atom is 0.221 e. The summed E-state index contributed by atoms with van der Waals surface area (Å²) in [5.41, 5.74) is 2.05. The number of amides is 1. The van der Waals surface area contributed by atoms with Crippen molar-refractivity contribution in [1.29, 1.82) is 0 Å². The van der Waals surface area contributed by atoms with E-state index in [0.29, 0.717) is 35.0 Å². The maximum absolute atomic E-state index is 12.9. The van der Waals surface area contributed by atoms with Crippen LogP contribution in [0.5, 0.6) is 0 Å². The molecule has 0 aliphatic heterocycles. The third-order valence-electron chi connectivity index (χ3n) is 3.91. The molecule has 6 nitrogen and oxygen atoms in total. The molecule has 3 aromatic rings. The van der Waals surface area contributed by atoms with E-state index in [0.717, 1.165) is 5.69 Å². The van der Waals surface area contributed by atoms with Gasteiger partial charge in [0.1, 0.15) is 12.1 Å². The number of thioether (sulfide) groups is 1. The molecule has 0 aliphatic carbocycles. The molecule has 0 spiro atoms. The summed E-state index contributed by atoms with van der Waals surface area (Å²) in [6.07, 6.45) is 2.66. The SMILES string of the molecule is CC(=O)Nc1cccc(-n2cnnc2SCCCC(=O)c2ccc(F)cc2)c1. The number of benzene rings is 2. The Bertz CT molecular complexity index is 972. The van der Waals surface area contributed by atoms with Gasteiger partial charge in [-0.15, -0.1) is 10.2 Å². The van der Waals surface area contributed by atoms with Crippen molar-refractivity contribution in [3.8, 4) is 5.69 Å². The monoisotopic (exact) mass is 398 g/mol. The van der Waals surface area contributed by atoms with Gasteiger partial charge >= 0.3 is 0 Å². The van der Waals surface area contributed by atoms with Crippen LogP contribution in [0.3, 0.4) is 0 Å². The zero-order valence-corrected chi connectivity index (χ0v) is 16.1. The number of rotatable bonds is 8. The van der Waals surface area contributed by atoms with E-state index in [2.05, 4.69) is 15.5 Å². The molecule has 0 fully saturated rings. The second-order valence-electron chi connectivity index (χ2n) is 6.10. The molecule has 1 amide bonds. The van der Waals surface area contributed by atoms with Gasteiger partial charge in [-0.2, -0.15) is 0 Å². The van der Waals surface area contributed by atoms with Crippen LogP contribution in [0, 0.1) is 5.82 Å². The normalized spacial score (nSPS) is 10.6. The van der Waals surface area contributed by atoms with E-state index in [1.54, 1.807) is 6.33 Å². The Hall–Kier alpha value is -3.00. The summed E-state index contributed by atoms with van der Waals surface area (Å²) in [5.74, 6) is 0.192. The Morgan fingerprint density at radius 3 is 2.71 bits per heavy atom. The zero-order valence-electron chi connectivity index (χ0n) is 15.3. The Kier molecular flexibility index (Phi) is 6.54. The van der Waals surface area contributed by atoms with Crippen LogP contribution >= 0.6 is 11.8 Å². The van der Waals surface area contributed by atoms with Crippen molar-refractivity contribution in [2.24, 2.45) is 0 Å². The Labute approximate surface area is 166 Å². The van der Waals surface area contributed by atoms with Crippen molar-refractivity contribution in [2.75, 3.05) is 11.1 Å². The lowest BCUT2D eigenvalue weighted by molar-refractivity contribution is -0.114. The number of aromatic nitrogens is 3. The van der Waals surface area contributed by atoms with Crippen molar-refractivity contribution >= 4 is 29.1 Å². The lowest BCUT2D eigenvalue weighted by atomic mass is 10.1. The van der Waals surface area contributed by atoms with Gasteiger partial charge in [0.05, 0.1) is 5.69 Å². The number of nitrogens with one attached hydrogen (secondary N) is 1. The first kappa shape index (κ1) is 19.8. The fourth-order valence-electron chi connectivity index (χ4n) is 2.61. The lowest BCUT2D eigenvalue weighted by Crippen LogP contribution is -2.06. The van der Waals surface area contributed by atoms with Gasteiger partial charge in [-0.1, -0.05) is 17.8 Å². The predicted octanol–water partition coefficient (Wildman–Crippen LogP) is 4.12. The molecular weight excluding hydrogens is 379 g/mol. The molecule has 0 aliphatic rings. The summed E-state index contributed by atoms with van der Waals surface area (Å²) in [7, 11) is 0. The van der Waals surface area contributed by atoms with Crippen molar-refractivity contribution in [2.45, 2.75) is 24.9 Å². The number of nitrogens with zero attached hydrogens (tertiary/aromatic N) is 3. The molecule has 28 heavy (non-hydrogen) atoms. The van der Waals surface area contributed by atoms with Crippen LogP contribution in [0.1, 0.15) is 30.1 Å². The molecule has 0 atom stereocenters. The van der Waals surface area contributed by atoms with E-state index in [9.17, 15) is 14.0 Å². The van der Waals surface area contributed by atoms with Crippen LogP contribution in [-0.4, -0.2) is 32.2 Å². The van der Waals surface area contributed by atoms with Gasteiger partial charge in [-0.05, 0) is 48.9 Å². The van der Waals surface area contributed by atoms with Crippen LogP contribution in [0.25, 0.3) is 5.69 Å². The molecule has 1 aromatic heterocycles. The Morgan fingerprint density at radius 1 is 1.18 bits per heavy atom. The van der Waals surface area contributed by atoms with Crippen molar-refractivity contribution < 1.29 is 14.0 Å². The van der Waals surface area contributed by atoms with Gasteiger partial charge in [0.25, 0.3) is 0 Å². The molecule has 144 valence electrons. The molecule has 0 saturated heterocycles. The van der Waals surface area contributed by atoms with Crippen LogP contribution in [0.2, 0.25) is 0 Å². The largest absolute Gasteiger partial charge is 0.326 e. The van der Waals surface area contributed by atoms with E-state index < -0.39 is 0 Å². The number of hydrogen-bond acceptors (Lipinski definition) is 5. The highest BCUT2D eigenvalue weighted by molar-refractivity contribution is 7.99. The number of Topliss-reactive ketones (excluding diaryl/α,β-unsaturated/α-hetero) is 1. The summed E-state index contributed by atoms with van der Waals surface area (Å²) >= 11 is 1.50. The first-order valence-corrected chi connectivity index (χ1v) is 9.71. The highest BCUT2D eigenvalue weighted by atomic mass is 32.2. The highest BCUT2D eigenvalue weighted by Crippen LogP contribution is 2.23. The molecule has 2 aromatic carbocycles. The molecule has 1 heterocycles.